The lowest BCUT2D eigenvalue weighted by Crippen LogP contribution is -2.61. The molecule has 2 N–H and O–H groups in total. The van der Waals surface area contributed by atoms with Crippen LogP contribution in [0.15, 0.2) is 34.8 Å². The number of benzene rings is 2. The number of nitrogens with zero attached hydrogens (tertiary/aromatic N) is 1. The topological polar surface area (TPSA) is 47.1 Å². The van der Waals surface area contributed by atoms with Gasteiger partial charge < -0.3 is 5.11 Å². The number of hydrogen-bond acceptors (Lipinski definition) is 2. The number of nitrogens with one attached hydrogen (secondary N) is 1. The summed E-state index contributed by atoms with van der Waals surface area (Å²) < 4.78 is 0.615. The second-order valence-electron chi connectivity index (χ2n) is 5.79. The molecule has 0 aliphatic carbocycles. The van der Waals surface area contributed by atoms with Gasteiger partial charge in [0.1, 0.15) is 5.75 Å². The Morgan fingerprint density at radius 2 is 1.88 bits per heavy atom. The maximum absolute atomic E-state index is 10.4. The average molecular weight is 405 g/mol. The highest BCUT2D eigenvalue weighted by atomic mass is 79.9. The minimum absolute atomic E-state index is 0.181. The normalized spacial score (nSPS) is 11.5. The third-order valence-electron chi connectivity index (χ3n) is 4.07. The van der Waals surface area contributed by atoms with Crippen molar-refractivity contribution in [2.75, 3.05) is 0 Å². The van der Waals surface area contributed by atoms with Gasteiger partial charge in [0, 0.05) is 28.2 Å². The smallest absolute Gasteiger partial charge is 0.204 e. The molecule has 0 atom stereocenters. The average Bonchev–Trinajstić information content (AvgIpc) is 2.58. The fourth-order valence-corrected chi connectivity index (χ4v) is 3.34. The SMILES string of the molecule is Cc1ccc2cc([NH+]=Cc3c(C)c(Cl)c(C)c(Br)c3O)ccc2n1. The number of halogens is 2. The molecule has 0 saturated heterocycles. The summed E-state index contributed by atoms with van der Waals surface area (Å²) >= 11 is 9.73. The van der Waals surface area contributed by atoms with Gasteiger partial charge in [-0.05, 0) is 60.0 Å². The van der Waals surface area contributed by atoms with Crippen LogP contribution < -0.4 is 4.99 Å². The van der Waals surface area contributed by atoms with Gasteiger partial charge in [0.2, 0.25) is 5.69 Å². The Bertz CT molecular complexity index is 954. The Kier molecular flexibility index (Phi) is 4.61. The molecule has 5 heteroatoms. The van der Waals surface area contributed by atoms with E-state index in [9.17, 15) is 5.11 Å². The minimum atomic E-state index is 0.181. The Morgan fingerprint density at radius 3 is 2.62 bits per heavy atom. The Morgan fingerprint density at radius 1 is 1.12 bits per heavy atom. The van der Waals surface area contributed by atoms with Crippen molar-refractivity contribution >= 4 is 50.3 Å². The first kappa shape index (κ1) is 16.9. The summed E-state index contributed by atoms with van der Waals surface area (Å²) in [5, 5.41) is 12.1. The van der Waals surface area contributed by atoms with Gasteiger partial charge in [-0.15, -0.1) is 0 Å². The van der Waals surface area contributed by atoms with Crippen LogP contribution in [0.5, 0.6) is 5.75 Å². The Hall–Kier alpha value is -1.91. The summed E-state index contributed by atoms with van der Waals surface area (Å²) in [6, 6.07) is 9.99. The van der Waals surface area contributed by atoms with Crippen molar-refractivity contribution in [3.05, 3.63) is 62.2 Å². The molecule has 0 unspecified atom stereocenters. The van der Waals surface area contributed by atoms with Crippen molar-refractivity contribution in [3.63, 3.8) is 0 Å². The number of hydrogen-bond donors (Lipinski definition) is 2. The summed E-state index contributed by atoms with van der Waals surface area (Å²) in [5.74, 6) is 0.181. The third kappa shape index (κ3) is 3.04. The van der Waals surface area contributed by atoms with Crippen molar-refractivity contribution in [3.8, 4) is 5.75 Å². The van der Waals surface area contributed by atoms with Crippen LogP contribution in [0.1, 0.15) is 22.4 Å². The molecule has 0 aliphatic rings. The third-order valence-corrected chi connectivity index (χ3v) is 5.60. The van der Waals surface area contributed by atoms with Crippen LogP contribution in [0, 0.1) is 20.8 Å². The Labute approximate surface area is 154 Å². The zero-order valence-electron chi connectivity index (χ0n) is 13.6. The highest BCUT2D eigenvalue weighted by Gasteiger charge is 2.17. The van der Waals surface area contributed by atoms with Gasteiger partial charge >= 0.3 is 0 Å². The molecule has 2 aromatic carbocycles. The first-order valence-corrected chi connectivity index (χ1v) is 8.70. The summed E-state index contributed by atoms with van der Waals surface area (Å²) in [5.41, 5.74) is 5.20. The molecular weight excluding hydrogens is 388 g/mol. The lowest BCUT2D eigenvalue weighted by atomic mass is 10.0. The van der Waals surface area contributed by atoms with E-state index >= 15 is 0 Å². The zero-order chi connectivity index (χ0) is 17.4. The molecular formula is C19H17BrClN2O+. The van der Waals surface area contributed by atoms with Crippen LogP contribution in [-0.2, 0) is 0 Å². The van der Waals surface area contributed by atoms with Gasteiger partial charge in [0.05, 0.1) is 15.6 Å². The van der Waals surface area contributed by atoms with Gasteiger partial charge in [0.15, 0.2) is 6.21 Å². The lowest BCUT2D eigenvalue weighted by molar-refractivity contribution is -0.346. The number of rotatable bonds is 2. The Balaban J connectivity index is 2.04. The largest absolute Gasteiger partial charge is 0.506 e. The molecule has 3 rings (SSSR count). The monoisotopic (exact) mass is 403 g/mol. The molecule has 3 nitrogen and oxygen atoms in total. The second-order valence-corrected chi connectivity index (χ2v) is 6.96. The molecule has 24 heavy (non-hydrogen) atoms. The molecule has 1 heterocycles. The second kappa shape index (κ2) is 6.54. The van der Waals surface area contributed by atoms with E-state index in [-0.39, 0.29) is 5.75 Å². The number of aromatic hydroxyl groups is 1. The van der Waals surface area contributed by atoms with Gasteiger partial charge in [-0.25, -0.2) is 4.99 Å². The van der Waals surface area contributed by atoms with Crippen molar-refractivity contribution < 1.29 is 10.1 Å². The van der Waals surface area contributed by atoms with E-state index < -0.39 is 0 Å². The van der Waals surface area contributed by atoms with Crippen LogP contribution >= 0.6 is 27.5 Å². The molecule has 0 radical (unpaired) electrons. The number of phenolic OH excluding ortho intramolecular Hbond substituents is 1. The van der Waals surface area contributed by atoms with Crippen molar-refractivity contribution in [1.82, 2.24) is 4.98 Å². The predicted molar refractivity (Wildman–Crippen MR) is 103 cm³/mol. The number of fused-ring (bicyclic) bond motifs is 1. The maximum atomic E-state index is 10.4. The van der Waals surface area contributed by atoms with Crippen LogP contribution in [0.3, 0.4) is 0 Å². The van der Waals surface area contributed by atoms with Crippen molar-refractivity contribution in [2.45, 2.75) is 20.8 Å². The van der Waals surface area contributed by atoms with Crippen molar-refractivity contribution in [1.29, 1.82) is 0 Å². The fraction of sp³-hybridized carbons (Fsp3) is 0.158. The first-order chi connectivity index (χ1) is 11.4. The van der Waals surface area contributed by atoms with E-state index in [2.05, 4.69) is 25.9 Å². The zero-order valence-corrected chi connectivity index (χ0v) is 16.0. The van der Waals surface area contributed by atoms with Crippen molar-refractivity contribution in [2.24, 2.45) is 0 Å². The predicted octanol–water partition coefficient (Wildman–Crippen LogP) is 4.11. The molecule has 0 saturated carbocycles. The van der Waals surface area contributed by atoms with E-state index in [1.54, 1.807) is 6.21 Å². The summed E-state index contributed by atoms with van der Waals surface area (Å²) in [7, 11) is 0. The van der Waals surface area contributed by atoms with Crippen LogP contribution in [0.4, 0.5) is 5.69 Å². The minimum Gasteiger partial charge on any atom is -0.506 e. The van der Waals surface area contributed by atoms with Gasteiger partial charge in [-0.2, -0.15) is 0 Å². The summed E-state index contributed by atoms with van der Waals surface area (Å²) in [6.07, 6.45) is 1.77. The van der Waals surface area contributed by atoms with E-state index in [4.69, 9.17) is 11.6 Å². The molecule has 0 spiro atoms. The summed E-state index contributed by atoms with van der Waals surface area (Å²) in [6.45, 7) is 5.74. The van der Waals surface area contributed by atoms with E-state index in [1.807, 2.05) is 51.1 Å². The van der Waals surface area contributed by atoms with Crippen LogP contribution in [-0.4, -0.2) is 16.3 Å². The molecule has 0 fully saturated rings. The number of aryl methyl sites for hydroxylation is 1. The van der Waals surface area contributed by atoms with Gasteiger partial charge in [-0.3, -0.25) is 4.98 Å². The van der Waals surface area contributed by atoms with E-state index in [0.717, 1.165) is 33.4 Å². The van der Waals surface area contributed by atoms with E-state index in [0.29, 0.717) is 15.1 Å². The maximum Gasteiger partial charge on any atom is 0.204 e. The fourth-order valence-electron chi connectivity index (χ4n) is 2.62. The lowest BCUT2D eigenvalue weighted by Gasteiger charge is -2.10. The molecule has 0 aliphatic heterocycles. The van der Waals surface area contributed by atoms with Gasteiger partial charge in [-0.1, -0.05) is 17.7 Å². The van der Waals surface area contributed by atoms with Crippen LogP contribution in [0.25, 0.3) is 10.9 Å². The molecule has 122 valence electrons. The van der Waals surface area contributed by atoms with Crippen LogP contribution in [0.2, 0.25) is 5.02 Å². The molecule has 0 bridgehead atoms. The highest BCUT2D eigenvalue weighted by Crippen LogP contribution is 2.37. The molecule has 0 amide bonds. The number of aromatic nitrogens is 1. The highest BCUT2D eigenvalue weighted by molar-refractivity contribution is 9.10. The molecule has 3 aromatic rings. The standard InChI is InChI=1S/C19H16BrClN2O/c1-10-4-5-13-8-14(6-7-16(13)23-10)22-9-15-11(2)18(21)12(3)17(20)19(15)24/h4-9,24H,1-3H3/p+1. The number of pyridine rings is 1. The quantitative estimate of drug-likeness (QED) is 0.631. The number of phenols is 1. The van der Waals surface area contributed by atoms with E-state index in [1.165, 1.54) is 0 Å². The molecule has 1 aromatic heterocycles. The summed E-state index contributed by atoms with van der Waals surface area (Å²) in [4.78, 5) is 7.73. The first-order valence-electron chi connectivity index (χ1n) is 7.52. The van der Waals surface area contributed by atoms with Gasteiger partial charge in [0.25, 0.3) is 0 Å².